The molecular formula is C11H11F2NO2S. The second kappa shape index (κ2) is 4.54. The summed E-state index contributed by atoms with van der Waals surface area (Å²) in [5, 5.41) is 0. The summed E-state index contributed by atoms with van der Waals surface area (Å²) in [7, 11) is -3.73. The van der Waals surface area contributed by atoms with Crippen molar-refractivity contribution in [3.63, 3.8) is 0 Å². The Labute approximate surface area is 98.4 Å². The van der Waals surface area contributed by atoms with Crippen LogP contribution in [0.25, 0.3) is 0 Å². The van der Waals surface area contributed by atoms with E-state index in [-0.39, 0.29) is 11.4 Å². The maximum Gasteiger partial charge on any atom is 0.243 e. The first kappa shape index (κ1) is 12.2. The van der Waals surface area contributed by atoms with Gasteiger partial charge in [0.25, 0.3) is 0 Å². The zero-order valence-electron chi connectivity index (χ0n) is 8.94. The average molecular weight is 259 g/mol. The summed E-state index contributed by atoms with van der Waals surface area (Å²) in [6.45, 7) is 0.624. The van der Waals surface area contributed by atoms with E-state index < -0.39 is 21.7 Å². The third-order valence-corrected chi connectivity index (χ3v) is 4.41. The molecule has 0 unspecified atom stereocenters. The van der Waals surface area contributed by atoms with Crippen LogP contribution >= 0.6 is 0 Å². The van der Waals surface area contributed by atoms with E-state index in [9.17, 15) is 17.2 Å². The summed E-state index contributed by atoms with van der Waals surface area (Å²) >= 11 is 0. The predicted octanol–water partition coefficient (Wildman–Crippen LogP) is 1.92. The molecule has 0 aliphatic carbocycles. The van der Waals surface area contributed by atoms with E-state index >= 15 is 0 Å². The SMILES string of the molecule is O=S(=O)(c1ccc(F)c(F)c1)N1CC=CCC1. The van der Waals surface area contributed by atoms with E-state index in [1.807, 2.05) is 6.08 Å². The Morgan fingerprint density at radius 2 is 1.88 bits per heavy atom. The third-order valence-electron chi connectivity index (χ3n) is 2.55. The molecule has 6 heteroatoms. The minimum Gasteiger partial charge on any atom is -0.207 e. The van der Waals surface area contributed by atoms with Crippen LogP contribution in [0, 0.1) is 11.6 Å². The van der Waals surface area contributed by atoms with Gasteiger partial charge in [-0.15, -0.1) is 0 Å². The molecule has 0 saturated carbocycles. The van der Waals surface area contributed by atoms with Crippen molar-refractivity contribution in [1.82, 2.24) is 4.31 Å². The first-order chi connectivity index (χ1) is 8.01. The van der Waals surface area contributed by atoms with Gasteiger partial charge < -0.3 is 0 Å². The summed E-state index contributed by atoms with van der Waals surface area (Å²) < 4.78 is 51.1. The Morgan fingerprint density at radius 1 is 1.12 bits per heavy atom. The van der Waals surface area contributed by atoms with Crippen LogP contribution in [0.5, 0.6) is 0 Å². The van der Waals surface area contributed by atoms with Gasteiger partial charge in [-0.2, -0.15) is 4.31 Å². The highest BCUT2D eigenvalue weighted by Gasteiger charge is 2.25. The molecule has 1 aromatic carbocycles. The summed E-state index contributed by atoms with van der Waals surface area (Å²) in [5.41, 5.74) is 0. The molecular weight excluding hydrogens is 248 g/mol. The lowest BCUT2D eigenvalue weighted by Crippen LogP contribution is -2.33. The molecule has 0 bridgehead atoms. The normalized spacial score (nSPS) is 17.3. The van der Waals surface area contributed by atoms with Gasteiger partial charge in [0.2, 0.25) is 10.0 Å². The Hall–Kier alpha value is -1.27. The lowest BCUT2D eigenvalue weighted by atomic mass is 10.3. The fourth-order valence-corrected chi connectivity index (χ4v) is 3.04. The standard InChI is InChI=1S/C11H11F2NO2S/c12-10-5-4-9(8-11(10)13)17(15,16)14-6-2-1-3-7-14/h1-2,4-5,8H,3,6-7H2. The van der Waals surface area contributed by atoms with Crippen molar-refractivity contribution < 1.29 is 17.2 Å². The molecule has 1 aliphatic heterocycles. The van der Waals surface area contributed by atoms with Gasteiger partial charge in [-0.1, -0.05) is 12.2 Å². The molecule has 0 spiro atoms. The van der Waals surface area contributed by atoms with Crippen molar-refractivity contribution >= 4 is 10.0 Å². The molecule has 92 valence electrons. The number of benzene rings is 1. The molecule has 3 nitrogen and oxygen atoms in total. The minimum atomic E-state index is -3.73. The highest BCUT2D eigenvalue weighted by atomic mass is 32.2. The lowest BCUT2D eigenvalue weighted by molar-refractivity contribution is 0.436. The number of sulfonamides is 1. The maximum atomic E-state index is 13.0. The average Bonchev–Trinajstić information content (AvgIpc) is 2.33. The highest BCUT2D eigenvalue weighted by molar-refractivity contribution is 7.89. The topological polar surface area (TPSA) is 37.4 Å². The van der Waals surface area contributed by atoms with Crippen molar-refractivity contribution in [2.75, 3.05) is 13.1 Å². The molecule has 1 aromatic rings. The minimum absolute atomic E-state index is 0.216. The Balaban J connectivity index is 2.37. The second-order valence-corrected chi connectivity index (χ2v) is 5.64. The van der Waals surface area contributed by atoms with Crippen LogP contribution in [0.4, 0.5) is 8.78 Å². The molecule has 0 atom stereocenters. The van der Waals surface area contributed by atoms with Gasteiger partial charge in [0.05, 0.1) is 4.90 Å². The van der Waals surface area contributed by atoms with E-state index in [0.29, 0.717) is 19.0 Å². The van der Waals surface area contributed by atoms with Gasteiger partial charge in [0.15, 0.2) is 11.6 Å². The van der Waals surface area contributed by atoms with Crippen molar-refractivity contribution in [3.8, 4) is 0 Å². The molecule has 0 amide bonds. The lowest BCUT2D eigenvalue weighted by Gasteiger charge is -2.22. The fraction of sp³-hybridized carbons (Fsp3) is 0.273. The van der Waals surface area contributed by atoms with E-state index in [4.69, 9.17) is 0 Å². The second-order valence-electron chi connectivity index (χ2n) is 3.70. The van der Waals surface area contributed by atoms with Gasteiger partial charge in [-0.05, 0) is 24.6 Å². The van der Waals surface area contributed by atoms with Crippen LogP contribution in [0.1, 0.15) is 6.42 Å². The van der Waals surface area contributed by atoms with Crippen LogP contribution in [0.3, 0.4) is 0 Å². The van der Waals surface area contributed by atoms with Crippen molar-refractivity contribution in [2.45, 2.75) is 11.3 Å². The Kier molecular flexibility index (Phi) is 3.26. The molecule has 0 saturated heterocycles. The van der Waals surface area contributed by atoms with Gasteiger partial charge in [0.1, 0.15) is 0 Å². The summed E-state index contributed by atoms with van der Waals surface area (Å²) in [4.78, 5) is -0.216. The first-order valence-electron chi connectivity index (χ1n) is 5.12. The molecule has 0 radical (unpaired) electrons. The zero-order chi connectivity index (χ0) is 12.5. The largest absolute Gasteiger partial charge is 0.243 e. The van der Waals surface area contributed by atoms with Gasteiger partial charge in [0, 0.05) is 13.1 Å². The highest BCUT2D eigenvalue weighted by Crippen LogP contribution is 2.19. The molecule has 0 fully saturated rings. The zero-order valence-corrected chi connectivity index (χ0v) is 9.75. The van der Waals surface area contributed by atoms with E-state index in [1.54, 1.807) is 6.08 Å². The number of nitrogens with zero attached hydrogens (tertiary/aromatic N) is 1. The van der Waals surface area contributed by atoms with Gasteiger partial charge in [-0.3, -0.25) is 0 Å². The molecule has 1 aliphatic rings. The molecule has 0 N–H and O–H groups in total. The van der Waals surface area contributed by atoms with Gasteiger partial charge in [-0.25, -0.2) is 17.2 Å². The number of hydrogen-bond acceptors (Lipinski definition) is 2. The monoisotopic (exact) mass is 259 g/mol. The van der Waals surface area contributed by atoms with Gasteiger partial charge >= 0.3 is 0 Å². The Morgan fingerprint density at radius 3 is 2.47 bits per heavy atom. The molecule has 17 heavy (non-hydrogen) atoms. The molecule has 2 rings (SSSR count). The van der Waals surface area contributed by atoms with Crippen LogP contribution in [0.15, 0.2) is 35.2 Å². The quantitative estimate of drug-likeness (QED) is 0.761. The number of hydrogen-bond donors (Lipinski definition) is 0. The smallest absolute Gasteiger partial charge is 0.207 e. The third kappa shape index (κ3) is 2.37. The first-order valence-corrected chi connectivity index (χ1v) is 6.56. The molecule has 1 heterocycles. The van der Waals surface area contributed by atoms with E-state index in [0.717, 1.165) is 12.1 Å². The van der Waals surface area contributed by atoms with Crippen molar-refractivity contribution in [1.29, 1.82) is 0 Å². The summed E-state index contributed by atoms with van der Waals surface area (Å²) in [5.74, 6) is -2.21. The van der Waals surface area contributed by atoms with Crippen LogP contribution in [-0.4, -0.2) is 25.8 Å². The van der Waals surface area contributed by atoms with Crippen LogP contribution in [0.2, 0.25) is 0 Å². The van der Waals surface area contributed by atoms with Crippen molar-refractivity contribution in [3.05, 3.63) is 42.0 Å². The van der Waals surface area contributed by atoms with Crippen LogP contribution in [-0.2, 0) is 10.0 Å². The van der Waals surface area contributed by atoms with E-state index in [2.05, 4.69) is 0 Å². The number of halogens is 2. The fourth-order valence-electron chi connectivity index (χ4n) is 1.62. The van der Waals surface area contributed by atoms with Crippen LogP contribution < -0.4 is 0 Å². The summed E-state index contributed by atoms with van der Waals surface area (Å²) in [6.07, 6.45) is 4.25. The molecule has 0 aromatic heterocycles. The Bertz CT molecular complexity index is 555. The van der Waals surface area contributed by atoms with Crippen molar-refractivity contribution in [2.24, 2.45) is 0 Å². The van der Waals surface area contributed by atoms with E-state index in [1.165, 1.54) is 4.31 Å². The summed E-state index contributed by atoms with van der Waals surface area (Å²) in [6, 6.07) is 2.61. The number of rotatable bonds is 2. The maximum absolute atomic E-state index is 13.0. The predicted molar refractivity (Wildman–Crippen MR) is 58.9 cm³/mol.